The molecule has 1 saturated heterocycles. The van der Waals surface area contributed by atoms with Crippen molar-refractivity contribution in [1.82, 2.24) is 4.72 Å². The van der Waals surface area contributed by atoms with E-state index in [4.69, 9.17) is 0 Å². The first kappa shape index (κ1) is 16.8. The third kappa shape index (κ3) is 4.12. The van der Waals surface area contributed by atoms with Gasteiger partial charge in [-0.3, -0.25) is 0 Å². The lowest BCUT2D eigenvalue weighted by atomic mass is 10.0. The van der Waals surface area contributed by atoms with E-state index in [0.29, 0.717) is 0 Å². The number of hydrogen-bond donors (Lipinski definition) is 3. The number of sulfonamides is 1. The van der Waals surface area contributed by atoms with Gasteiger partial charge in [0, 0.05) is 0 Å². The zero-order valence-corrected chi connectivity index (χ0v) is 12.5. The van der Waals surface area contributed by atoms with Crippen LogP contribution in [0.25, 0.3) is 0 Å². The van der Waals surface area contributed by atoms with Crippen molar-refractivity contribution in [2.45, 2.75) is 37.0 Å². The molecule has 114 valence electrons. The molecule has 0 spiro atoms. The lowest BCUT2D eigenvalue weighted by molar-refractivity contribution is 0.105. The van der Waals surface area contributed by atoms with E-state index < -0.39 is 43.9 Å². The van der Waals surface area contributed by atoms with Crippen LogP contribution in [0, 0.1) is 0 Å². The maximum absolute atomic E-state index is 12.2. The number of rotatable bonds is 6. The van der Waals surface area contributed by atoms with E-state index in [0.717, 1.165) is 0 Å². The van der Waals surface area contributed by atoms with Crippen LogP contribution in [0.4, 0.5) is 0 Å². The number of aliphatic hydroxyl groups is 2. The van der Waals surface area contributed by atoms with Gasteiger partial charge in [-0.25, -0.2) is 21.6 Å². The van der Waals surface area contributed by atoms with Crippen molar-refractivity contribution in [1.29, 1.82) is 0 Å². The van der Waals surface area contributed by atoms with Crippen LogP contribution in [0.1, 0.15) is 26.2 Å². The second-order valence-corrected chi connectivity index (χ2v) is 9.21. The first-order chi connectivity index (χ1) is 8.70. The molecule has 0 bridgehead atoms. The average Bonchev–Trinajstić information content (AvgIpc) is 2.35. The summed E-state index contributed by atoms with van der Waals surface area (Å²) in [5, 5.41) is 17.7. The highest BCUT2D eigenvalue weighted by Gasteiger charge is 2.38. The SMILES string of the molecule is CCC(CO)(CO)NS(=O)(=O)C1CCS(=O)(=O)CC1. The molecule has 7 nitrogen and oxygen atoms in total. The largest absolute Gasteiger partial charge is 0.394 e. The van der Waals surface area contributed by atoms with Crippen molar-refractivity contribution >= 4 is 19.9 Å². The fourth-order valence-electron chi connectivity index (χ4n) is 1.97. The monoisotopic (exact) mass is 315 g/mol. The molecule has 1 fully saturated rings. The van der Waals surface area contributed by atoms with Gasteiger partial charge in [-0.1, -0.05) is 6.92 Å². The molecule has 0 atom stereocenters. The van der Waals surface area contributed by atoms with Gasteiger partial charge in [-0.05, 0) is 19.3 Å². The summed E-state index contributed by atoms with van der Waals surface area (Å²) in [6.07, 6.45) is 0.340. The molecule has 1 rings (SSSR count). The summed E-state index contributed by atoms with van der Waals surface area (Å²) in [5.41, 5.74) is -1.28. The topological polar surface area (TPSA) is 121 Å². The maximum atomic E-state index is 12.2. The first-order valence-corrected chi connectivity index (χ1v) is 9.52. The highest BCUT2D eigenvalue weighted by Crippen LogP contribution is 2.21. The zero-order chi connectivity index (χ0) is 14.7. The van der Waals surface area contributed by atoms with Crippen LogP contribution in [0.3, 0.4) is 0 Å². The maximum Gasteiger partial charge on any atom is 0.215 e. The van der Waals surface area contributed by atoms with Gasteiger partial charge in [0.1, 0.15) is 9.84 Å². The van der Waals surface area contributed by atoms with Crippen LogP contribution in [-0.4, -0.2) is 62.6 Å². The van der Waals surface area contributed by atoms with Crippen molar-refractivity contribution in [2.24, 2.45) is 0 Å². The molecule has 0 unspecified atom stereocenters. The van der Waals surface area contributed by atoms with Gasteiger partial charge >= 0.3 is 0 Å². The molecule has 1 aliphatic rings. The Balaban J connectivity index is 2.82. The molecular formula is C10H21NO6S2. The van der Waals surface area contributed by atoms with E-state index >= 15 is 0 Å². The van der Waals surface area contributed by atoms with Gasteiger partial charge in [0.25, 0.3) is 0 Å². The van der Waals surface area contributed by atoms with Crippen LogP contribution in [0.2, 0.25) is 0 Å². The minimum atomic E-state index is -3.76. The number of nitrogens with one attached hydrogen (secondary N) is 1. The summed E-state index contributed by atoms with van der Waals surface area (Å²) < 4.78 is 49.2. The van der Waals surface area contributed by atoms with Crippen molar-refractivity contribution in [3.63, 3.8) is 0 Å². The smallest absolute Gasteiger partial charge is 0.215 e. The molecule has 0 aromatic heterocycles. The Morgan fingerprint density at radius 2 is 1.68 bits per heavy atom. The van der Waals surface area contributed by atoms with E-state index in [1.807, 2.05) is 0 Å². The summed E-state index contributed by atoms with van der Waals surface area (Å²) in [6, 6.07) is 0. The lowest BCUT2D eigenvalue weighted by Gasteiger charge is -2.32. The molecule has 0 saturated carbocycles. The summed E-state index contributed by atoms with van der Waals surface area (Å²) in [4.78, 5) is 0. The average molecular weight is 315 g/mol. The molecule has 19 heavy (non-hydrogen) atoms. The molecule has 0 aliphatic carbocycles. The summed E-state index contributed by atoms with van der Waals surface area (Å²) in [5.74, 6) is -0.286. The normalized spacial score (nSPS) is 21.4. The fraction of sp³-hybridized carbons (Fsp3) is 1.00. The Kier molecular flexibility index (Phi) is 5.35. The molecule has 0 radical (unpaired) electrons. The quantitative estimate of drug-likeness (QED) is 0.555. The highest BCUT2D eigenvalue weighted by molar-refractivity contribution is 7.92. The summed E-state index contributed by atoms with van der Waals surface area (Å²) >= 11 is 0. The molecular weight excluding hydrogens is 294 g/mol. The third-order valence-corrected chi connectivity index (χ3v) is 7.36. The van der Waals surface area contributed by atoms with E-state index in [9.17, 15) is 27.0 Å². The summed E-state index contributed by atoms with van der Waals surface area (Å²) in [7, 11) is -6.89. The standard InChI is InChI=1S/C10H21NO6S2/c1-2-10(7-12,8-13)11-19(16,17)9-3-5-18(14,15)6-4-9/h9,11-13H,2-8H2,1H3. The predicted octanol–water partition coefficient (Wildman–Crippen LogP) is -1.38. The number of hydrogen-bond acceptors (Lipinski definition) is 6. The van der Waals surface area contributed by atoms with Crippen LogP contribution in [-0.2, 0) is 19.9 Å². The predicted molar refractivity (Wildman–Crippen MR) is 70.9 cm³/mol. The molecule has 9 heteroatoms. The van der Waals surface area contributed by atoms with Crippen LogP contribution in [0.15, 0.2) is 0 Å². The van der Waals surface area contributed by atoms with E-state index in [2.05, 4.69) is 4.72 Å². The van der Waals surface area contributed by atoms with Gasteiger partial charge in [0.2, 0.25) is 10.0 Å². The Hall–Kier alpha value is -0.220. The Morgan fingerprint density at radius 1 is 1.21 bits per heavy atom. The first-order valence-electron chi connectivity index (χ1n) is 6.15. The van der Waals surface area contributed by atoms with Crippen molar-refractivity contribution in [3.05, 3.63) is 0 Å². The fourth-order valence-corrected chi connectivity index (χ4v) is 5.66. The lowest BCUT2D eigenvalue weighted by Crippen LogP contribution is -2.56. The van der Waals surface area contributed by atoms with Crippen molar-refractivity contribution < 1.29 is 27.0 Å². The minimum absolute atomic E-state index is 0.0499. The second kappa shape index (κ2) is 6.04. The van der Waals surface area contributed by atoms with Gasteiger partial charge in [0.05, 0.1) is 35.5 Å². The molecule has 3 N–H and O–H groups in total. The minimum Gasteiger partial charge on any atom is -0.394 e. The number of sulfone groups is 1. The van der Waals surface area contributed by atoms with E-state index in [1.54, 1.807) is 6.92 Å². The zero-order valence-electron chi connectivity index (χ0n) is 10.9. The van der Waals surface area contributed by atoms with Gasteiger partial charge < -0.3 is 10.2 Å². The molecule has 0 aromatic rings. The van der Waals surface area contributed by atoms with Gasteiger partial charge in [-0.2, -0.15) is 0 Å². The molecule has 0 aromatic carbocycles. The third-order valence-electron chi connectivity index (χ3n) is 3.58. The van der Waals surface area contributed by atoms with E-state index in [-0.39, 0.29) is 30.8 Å². The van der Waals surface area contributed by atoms with Gasteiger partial charge in [0.15, 0.2) is 0 Å². The molecule has 0 amide bonds. The molecule has 1 aliphatic heterocycles. The highest BCUT2D eigenvalue weighted by atomic mass is 32.2. The van der Waals surface area contributed by atoms with Crippen molar-refractivity contribution in [2.75, 3.05) is 24.7 Å². The second-order valence-electron chi connectivity index (χ2n) is 4.95. The van der Waals surface area contributed by atoms with Crippen LogP contribution >= 0.6 is 0 Å². The van der Waals surface area contributed by atoms with Crippen LogP contribution < -0.4 is 4.72 Å². The summed E-state index contributed by atoms with van der Waals surface area (Å²) in [6.45, 7) is 0.634. The Morgan fingerprint density at radius 3 is 2.05 bits per heavy atom. The number of aliphatic hydroxyl groups excluding tert-OH is 2. The Bertz CT molecular complexity index is 472. The van der Waals surface area contributed by atoms with Crippen molar-refractivity contribution in [3.8, 4) is 0 Å². The Labute approximate surface area is 114 Å². The van der Waals surface area contributed by atoms with Crippen LogP contribution in [0.5, 0.6) is 0 Å². The molecule has 1 heterocycles. The van der Waals surface area contributed by atoms with E-state index in [1.165, 1.54) is 0 Å². The van der Waals surface area contributed by atoms with Gasteiger partial charge in [-0.15, -0.1) is 0 Å².